The zero-order valence-electron chi connectivity index (χ0n) is 22.6. The molecule has 13 heteroatoms. The summed E-state index contributed by atoms with van der Waals surface area (Å²) in [4.78, 5) is 25.2. The summed E-state index contributed by atoms with van der Waals surface area (Å²) >= 11 is 0. The van der Waals surface area contributed by atoms with Gasteiger partial charge in [0.15, 0.2) is 0 Å². The van der Waals surface area contributed by atoms with Crippen LogP contribution < -0.4 is 10.6 Å². The van der Waals surface area contributed by atoms with Crippen molar-refractivity contribution in [2.75, 3.05) is 63.6 Å². The van der Waals surface area contributed by atoms with E-state index in [1.54, 1.807) is 4.90 Å². The highest BCUT2D eigenvalue weighted by molar-refractivity contribution is 5.84. The van der Waals surface area contributed by atoms with Gasteiger partial charge in [-0.25, -0.2) is 4.98 Å². The molecule has 0 unspecified atom stereocenters. The molecule has 2 aliphatic heterocycles. The third-order valence-corrected chi connectivity index (χ3v) is 8.15. The van der Waals surface area contributed by atoms with Crippen LogP contribution >= 0.6 is 0 Å². The molecular formula is C26H37F3N8O2. The molecule has 1 amide bonds. The standard InChI is InChI=1S/C26H37F3N8O2/c1-18-21(16-37(34-18)19-5-11-35(2)12-6-19)32-24-31-15-20(26(27,28)29)22(33-24)30-9-4-10-36-13-14-39-17-25(23(36)38)7-3-8-25/h15-16,19H,3-14,17H2,1-2H3,(H2,30,31,32,33). The summed E-state index contributed by atoms with van der Waals surface area (Å²) in [6, 6.07) is 0.281. The van der Waals surface area contributed by atoms with Crippen molar-refractivity contribution >= 4 is 23.4 Å². The van der Waals surface area contributed by atoms with Crippen LogP contribution in [0.25, 0.3) is 0 Å². The highest BCUT2D eigenvalue weighted by atomic mass is 19.4. The van der Waals surface area contributed by atoms with E-state index in [-0.39, 0.29) is 30.3 Å². The monoisotopic (exact) mass is 550 g/mol. The summed E-state index contributed by atoms with van der Waals surface area (Å²) in [5.41, 5.74) is 0.0491. The van der Waals surface area contributed by atoms with E-state index in [0.29, 0.717) is 38.4 Å². The number of halogens is 3. The molecule has 0 bridgehead atoms. The largest absolute Gasteiger partial charge is 0.421 e. The number of hydrogen-bond acceptors (Lipinski definition) is 8. The highest BCUT2D eigenvalue weighted by Crippen LogP contribution is 2.43. The average Bonchev–Trinajstić information content (AvgIpc) is 3.13. The Balaban J connectivity index is 1.23. The normalized spacial score (nSPS) is 20.6. The molecule has 4 heterocycles. The van der Waals surface area contributed by atoms with E-state index < -0.39 is 17.2 Å². The molecule has 0 radical (unpaired) electrons. The fourth-order valence-electron chi connectivity index (χ4n) is 5.55. The van der Waals surface area contributed by atoms with Crippen LogP contribution in [-0.4, -0.2) is 88.4 Å². The fraction of sp³-hybridized carbons (Fsp3) is 0.692. The van der Waals surface area contributed by atoms with Crippen molar-refractivity contribution in [3.05, 3.63) is 23.7 Å². The van der Waals surface area contributed by atoms with Crippen LogP contribution in [0.4, 0.5) is 30.6 Å². The van der Waals surface area contributed by atoms with Crippen LogP contribution in [0.1, 0.15) is 55.8 Å². The van der Waals surface area contributed by atoms with Gasteiger partial charge in [0.05, 0.1) is 36.1 Å². The second-order valence-electron chi connectivity index (χ2n) is 11.0. The molecule has 10 nitrogen and oxygen atoms in total. The number of nitrogens with zero attached hydrogens (tertiary/aromatic N) is 6. The number of anilines is 3. The van der Waals surface area contributed by atoms with E-state index in [9.17, 15) is 18.0 Å². The molecule has 0 atom stereocenters. The molecule has 1 saturated carbocycles. The van der Waals surface area contributed by atoms with Gasteiger partial charge >= 0.3 is 6.18 Å². The Labute approximate surface area is 226 Å². The van der Waals surface area contributed by atoms with Gasteiger partial charge in [-0.15, -0.1) is 0 Å². The Morgan fingerprint density at radius 2 is 1.97 bits per heavy atom. The van der Waals surface area contributed by atoms with E-state index in [0.717, 1.165) is 57.1 Å². The number of carbonyl (C=O) groups is 1. The molecule has 3 fully saturated rings. The van der Waals surface area contributed by atoms with Gasteiger partial charge < -0.3 is 25.2 Å². The summed E-state index contributed by atoms with van der Waals surface area (Å²) in [5, 5.41) is 10.5. The quantitative estimate of drug-likeness (QED) is 0.479. The molecule has 214 valence electrons. The van der Waals surface area contributed by atoms with Gasteiger partial charge in [0.2, 0.25) is 11.9 Å². The van der Waals surface area contributed by atoms with Crippen LogP contribution in [0.3, 0.4) is 0 Å². The predicted octanol–water partition coefficient (Wildman–Crippen LogP) is 3.84. The van der Waals surface area contributed by atoms with Crippen molar-refractivity contribution in [1.29, 1.82) is 0 Å². The Bertz CT molecular complexity index is 1160. The molecule has 2 N–H and O–H groups in total. The number of aryl methyl sites for hydroxylation is 1. The number of carbonyl (C=O) groups excluding carboxylic acids is 1. The van der Waals surface area contributed by atoms with Gasteiger partial charge in [-0.2, -0.15) is 23.3 Å². The second kappa shape index (κ2) is 11.3. The number of piperidine rings is 1. The van der Waals surface area contributed by atoms with E-state index in [1.807, 2.05) is 17.8 Å². The second-order valence-corrected chi connectivity index (χ2v) is 11.0. The number of likely N-dealkylation sites (tertiary alicyclic amines) is 1. The SMILES string of the molecule is Cc1nn(C2CCN(C)CC2)cc1Nc1ncc(C(F)(F)F)c(NCCCN2CCOCC3(CCC3)C2=O)n1. The summed E-state index contributed by atoms with van der Waals surface area (Å²) < 4.78 is 48.7. The summed E-state index contributed by atoms with van der Waals surface area (Å²) in [7, 11) is 2.10. The lowest BCUT2D eigenvalue weighted by atomic mass is 9.68. The summed E-state index contributed by atoms with van der Waals surface area (Å²) in [5.74, 6) is -0.128. The van der Waals surface area contributed by atoms with Crippen molar-refractivity contribution in [3.63, 3.8) is 0 Å². The van der Waals surface area contributed by atoms with E-state index >= 15 is 0 Å². The Morgan fingerprint density at radius 3 is 2.67 bits per heavy atom. The first-order valence-electron chi connectivity index (χ1n) is 13.7. The van der Waals surface area contributed by atoms with Crippen molar-refractivity contribution in [2.24, 2.45) is 5.41 Å². The first-order chi connectivity index (χ1) is 18.6. The van der Waals surface area contributed by atoms with Crippen LogP contribution in [0.2, 0.25) is 0 Å². The first kappa shape index (κ1) is 27.6. The molecule has 39 heavy (non-hydrogen) atoms. The van der Waals surface area contributed by atoms with Crippen molar-refractivity contribution in [1.82, 2.24) is 29.5 Å². The lowest BCUT2D eigenvalue weighted by Gasteiger charge is -2.41. The minimum Gasteiger partial charge on any atom is -0.378 e. The first-order valence-corrected chi connectivity index (χ1v) is 13.7. The highest BCUT2D eigenvalue weighted by Gasteiger charge is 2.47. The van der Waals surface area contributed by atoms with Crippen LogP contribution in [0.15, 0.2) is 12.4 Å². The number of alkyl halides is 3. The Morgan fingerprint density at radius 1 is 1.21 bits per heavy atom. The van der Waals surface area contributed by atoms with Gasteiger partial charge in [-0.3, -0.25) is 9.48 Å². The Hall–Kier alpha value is -2.93. The van der Waals surface area contributed by atoms with Crippen molar-refractivity contribution in [2.45, 2.75) is 57.7 Å². The lowest BCUT2D eigenvalue weighted by Crippen LogP contribution is -2.49. The molecule has 2 aromatic rings. The van der Waals surface area contributed by atoms with Crippen LogP contribution in [-0.2, 0) is 15.7 Å². The maximum Gasteiger partial charge on any atom is 0.421 e. The summed E-state index contributed by atoms with van der Waals surface area (Å²) in [6.07, 6.45) is 3.20. The van der Waals surface area contributed by atoms with Gasteiger partial charge in [-0.1, -0.05) is 6.42 Å². The fourth-order valence-corrected chi connectivity index (χ4v) is 5.55. The number of aromatic nitrogens is 4. The smallest absolute Gasteiger partial charge is 0.378 e. The van der Waals surface area contributed by atoms with Gasteiger partial charge in [-0.05, 0) is 59.2 Å². The number of amides is 1. The molecule has 1 spiro atoms. The predicted molar refractivity (Wildman–Crippen MR) is 140 cm³/mol. The number of nitrogens with one attached hydrogen (secondary N) is 2. The van der Waals surface area contributed by atoms with Crippen LogP contribution in [0.5, 0.6) is 0 Å². The van der Waals surface area contributed by atoms with Gasteiger partial charge in [0, 0.05) is 32.0 Å². The number of rotatable bonds is 8. The molecule has 1 aliphatic carbocycles. The minimum atomic E-state index is -4.61. The maximum atomic E-state index is 13.7. The molecule has 0 aromatic carbocycles. The van der Waals surface area contributed by atoms with Crippen molar-refractivity contribution < 1.29 is 22.7 Å². The topological polar surface area (TPSA) is 100 Å². The Kier molecular flexibility index (Phi) is 7.99. The van der Waals surface area contributed by atoms with E-state index in [4.69, 9.17) is 4.74 Å². The third-order valence-electron chi connectivity index (χ3n) is 8.15. The van der Waals surface area contributed by atoms with E-state index in [2.05, 4.69) is 37.6 Å². The van der Waals surface area contributed by atoms with Gasteiger partial charge in [0.1, 0.15) is 11.4 Å². The van der Waals surface area contributed by atoms with Crippen molar-refractivity contribution in [3.8, 4) is 0 Å². The molecule has 5 rings (SSSR count). The van der Waals surface area contributed by atoms with Crippen LogP contribution in [0, 0.1) is 12.3 Å². The third kappa shape index (κ3) is 6.13. The number of ether oxygens (including phenoxy) is 1. The van der Waals surface area contributed by atoms with E-state index in [1.165, 1.54) is 0 Å². The molecular weight excluding hydrogens is 513 g/mol. The zero-order chi connectivity index (χ0) is 27.6. The lowest BCUT2D eigenvalue weighted by molar-refractivity contribution is -0.147. The summed E-state index contributed by atoms with van der Waals surface area (Å²) in [6.45, 7) is 5.94. The molecule has 3 aliphatic rings. The molecule has 2 aromatic heterocycles. The maximum absolute atomic E-state index is 13.7. The van der Waals surface area contributed by atoms with Gasteiger partial charge in [0.25, 0.3) is 0 Å². The minimum absolute atomic E-state index is 0.0586. The number of hydrogen-bond donors (Lipinski definition) is 2. The molecule has 2 saturated heterocycles. The zero-order valence-corrected chi connectivity index (χ0v) is 22.6. The average molecular weight is 551 g/mol.